The Bertz CT molecular complexity index is 277. The van der Waals surface area contributed by atoms with E-state index in [0.717, 1.165) is 19.3 Å². The van der Waals surface area contributed by atoms with Crippen LogP contribution in [0, 0.1) is 5.92 Å². The van der Waals surface area contributed by atoms with Crippen molar-refractivity contribution in [2.24, 2.45) is 5.92 Å². The number of epoxide rings is 1. The van der Waals surface area contributed by atoms with Crippen molar-refractivity contribution in [2.75, 3.05) is 13.2 Å². The van der Waals surface area contributed by atoms with Crippen LogP contribution in [-0.2, 0) is 14.0 Å². The molecular formula is C13H26O3Si. The number of carbonyl (C=O) groups excluding carboxylic acids is 1. The summed E-state index contributed by atoms with van der Waals surface area (Å²) >= 11 is 0. The van der Waals surface area contributed by atoms with E-state index >= 15 is 0 Å². The molecule has 100 valence electrons. The standard InChI is InChI=1S/C13H26O3Si/c1-11(7-13(9-14)10-15-13)8-16-17(5,6)12(2,3)4/h9,11H,7-8,10H2,1-6H3. The molecule has 0 saturated carbocycles. The van der Waals surface area contributed by atoms with Crippen molar-refractivity contribution in [3.8, 4) is 0 Å². The quantitative estimate of drug-likeness (QED) is 0.417. The maximum absolute atomic E-state index is 10.8. The van der Waals surface area contributed by atoms with Gasteiger partial charge in [0.1, 0.15) is 5.60 Å². The number of carbonyl (C=O) groups is 1. The largest absolute Gasteiger partial charge is 0.417 e. The van der Waals surface area contributed by atoms with Crippen molar-refractivity contribution in [2.45, 2.75) is 57.8 Å². The molecule has 0 amide bonds. The van der Waals surface area contributed by atoms with Crippen molar-refractivity contribution < 1.29 is 14.0 Å². The van der Waals surface area contributed by atoms with Crippen LogP contribution in [0.2, 0.25) is 18.1 Å². The summed E-state index contributed by atoms with van der Waals surface area (Å²) in [5.74, 6) is 0.372. The lowest BCUT2D eigenvalue weighted by Crippen LogP contribution is -2.42. The van der Waals surface area contributed by atoms with Crippen molar-refractivity contribution in [3.05, 3.63) is 0 Å². The van der Waals surface area contributed by atoms with Crippen LogP contribution in [-0.4, -0.2) is 33.4 Å². The van der Waals surface area contributed by atoms with Crippen LogP contribution < -0.4 is 0 Å². The van der Waals surface area contributed by atoms with Crippen LogP contribution in [0.3, 0.4) is 0 Å². The van der Waals surface area contributed by atoms with Crippen molar-refractivity contribution in [3.63, 3.8) is 0 Å². The molecule has 0 bridgehead atoms. The van der Waals surface area contributed by atoms with Crippen molar-refractivity contribution in [1.29, 1.82) is 0 Å². The summed E-state index contributed by atoms with van der Waals surface area (Å²) in [5.41, 5.74) is -0.476. The van der Waals surface area contributed by atoms with Gasteiger partial charge in [-0.2, -0.15) is 0 Å². The number of ether oxygens (including phenoxy) is 1. The number of aldehydes is 1. The Hall–Kier alpha value is -0.193. The van der Waals surface area contributed by atoms with E-state index in [4.69, 9.17) is 9.16 Å². The molecule has 0 aromatic heterocycles. The van der Waals surface area contributed by atoms with E-state index in [9.17, 15) is 4.79 Å². The highest BCUT2D eigenvalue weighted by Crippen LogP contribution is 2.38. The van der Waals surface area contributed by atoms with E-state index in [0.29, 0.717) is 12.5 Å². The van der Waals surface area contributed by atoms with Gasteiger partial charge in [0.2, 0.25) is 0 Å². The fourth-order valence-corrected chi connectivity index (χ4v) is 2.68. The van der Waals surface area contributed by atoms with Gasteiger partial charge in [-0.3, -0.25) is 0 Å². The molecule has 0 aromatic carbocycles. The normalized spacial score (nSPS) is 26.7. The molecule has 0 aromatic rings. The van der Waals surface area contributed by atoms with Gasteiger partial charge in [-0.15, -0.1) is 0 Å². The second-order valence-corrected chi connectivity index (χ2v) is 11.7. The molecule has 1 fully saturated rings. The number of hydrogen-bond donors (Lipinski definition) is 0. The first-order chi connectivity index (χ1) is 7.62. The molecular weight excluding hydrogens is 232 g/mol. The molecule has 2 unspecified atom stereocenters. The van der Waals surface area contributed by atoms with Gasteiger partial charge >= 0.3 is 0 Å². The second-order valence-electron chi connectivity index (χ2n) is 6.85. The van der Waals surface area contributed by atoms with Gasteiger partial charge in [-0.25, -0.2) is 0 Å². The van der Waals surface area contributed by atoms with Crippen molar-refractivity contribution >= 4 is 14.6 Å². The van der Waals surface area contributed by atoms with Gasteiger partial charge in [0, 0.05) is 6.61 Å². The van der Waals surface area contributed by atoms with E-state index < -0.39 is 13.9 Å². The Kier molecular flexibility index (Phi) is 4.22. The highest BCUT2D eigenvalue weighted by Gasteiger charge is 2.46. The molecule has 1 saturated heterocycles. The molecule has 3 nitrogen and oxygen atoms in total. The molecule has 0 N–H and O–H groups in total. The van der Waals surface area contributed by atoms with Gasteiger partial charge in [0.25, 0.3) is 0 Å². The van der Waals surface area contributed by atoms with Gasteiger partial charge in [-0.05, 0) is 30.5 Å². The molecule has 0 radical (unpaired) electrons. The first-order valence-electron chi connectivity index (χ1n) is 6.36. The highest BCUT2D eigenvalue weighted by atomic mass is 28.4. The topological polar surface area (TPSA) is 38.8 Å². The molecule has 1 aliphatic heterocycles. The summed E-state index contributed by atoms with van der Waals surface area (Å²) in [6.07, 6.45) is 1.72. The highest BCUT2D eigenvalue weighted by molar-refractivity contribution is 6.74. The van der Waals surface area contributed by atoms with Gasteiger partial charge in [0.05, 0.1) is 6.61 Å². The summed E-state index contributed by atoms with van der Waals surface area (Å²) in [4.78, 5) is 10.8. The van der Waals surface area contributed by atoms with E-state index in [1.807, 2.05) is 0 Å². The lowest BCUT2D eigenvalue weighted by Gasteiger charge is -2.37. The lowest BCUT2D eigenvalue weighted by molar-refractivity contribution is -0.112. The fraction of sp³-hybridized carbons (Fsp3) is 0.923. The lowest BCUT2D eigenvalue weighted by atomic mass is 9.98. The monoisotopic (exact) mass is 258 g/mol. The summed E-state index contributed by atoms with van der Waals surface area (Å²) in [6, 6.07) is 0. The van der Waals surface area contributed by atoms with Crippen LogP contribution in [0.15, 0.2) is 0 Å². The summed E-state index contributed by atoms with van der Waals surface area (Å²) in [6.45, 7) is 14.7. The van der Waals surface area contributed by atoms with E-state index in [1.165, 1.54) is 0 Å². The zero-order valence-electron chi connectivity index (χ0n) is 12.0. The third-order valence-corrected chi connectivity index (χ3v) is 8.46. The predicted octanol–water partition coefficient (Wildman–Crippen LogP) is 3.00. The third kappa shape index (κ3) is 3.90. The van der Waals surface area contributed by atoms with Gasteiger partial charge < -0.3 is 14.0 Å². The fourth-order valence-electron chi connectivity index (χ4n) is 1.54. The molecule has 2 atom stereocenters. The Morgan fingerprint density at radius 3 is 2.35 bits per heavy atom. The third-order valence-electron chi connectivity index (χ3n) is 3.96. The SMILES string of the molecule is CC(CO[Si](C)(C)C(C)(C)C)CC1(C=O)CO1. The average Bonchev–Trinajstić information content (AvgIpc) is 2.94. The van der Waals surface area contributed by atoms with E-state index in [-0.39, 0.29) is 5.04 Å². The molecule has 1 aliphatic rings. The molecule has 4 heteroatoms. The predicted molar refractivity (Wildman–Crippen MR) is 71.7 cm³/mol. The summed E-state index contributed by atoms with van der Waals surface area (Å²) < 4.78 is 11.3. The van der Waals surface area contributed by atoms with Crippen LogP contribution in [0.25, 0.3) is 0 Å². The molecule has 17 heavy (non-hydrogen) atoms. The minimum atomic E-state index is -1.66. The Morgan fingerprint density at radius 2 is 2.00 bits per heavy atom. The number of hydrogen-bond acceptors (Lipinski definition) is 3. The molecule has 1 heterocycles. The zero-order valence-corrected chi connectivity index (χ0v) is 13.0. The summed E-state index contributed by atoms with van der Waals surface area (Å²) in [7, 11) is -1.66. The Balaban J connectivity index is 2.38. The maximum Gasteiger partial charge on any atom is 0.191 e. The zero-order chi connectivity index (χ0) is 13.3. The Labute approximate surface area is 106 Å². The molecule has 0 aliphatic carbocycles. The van der Waals surface area contributed by atoms with E-state index in [2.05, 4.69) is 40.8 Å². The maximum atomic E-state index is 10.8. The van der Waals surface area contributed by atoms with Gasteiger partial charge in [0.15, 0.2) is 14.6 Å². The first kappa shape index (κ1) is 14.9. The van der Waals surface area contributed by atoms with Crippen molar-refractivity contribution in [1.82, 2.24) is 0 Å². The molecule has 1 rings (SSSR count). The van der Waals surface area contributed by atoms with Crippen LogP contribution in [0.5, 0.6) is 0 Å². The second kappa shape index (κ2) is 4.82. The summed E-state index contributed by atoms with van der Waals surface area (Å²) in [5, 5.41) is 0.241. The van der Waals surface area contributed by atoms with Gasteiger partial charge in [-0.1, -0.05) is 27.7 Å². The minimum Gasteiger partial charge on any atom is -0.417 e. The average molecular weight is 258 g/mol. The van der Waals surface area contributed by atoms with Crippen LogP contribution in [0.4, 0.5) is 0 Å². The van der Waals surface area contributed by atoms with Crippen LogP contribution >= 0.6 is 0 Å². The Morgan fingerprint density at radius 1 is 1.47 bits per heavy atom. The minimum absolute atomic E-state index is 0.241. The first-order valence-corrected chi connectivity index (χ1v) is 9.27. The molecule has 0 spiro atoms. The smallest absolute Gasteiger partial charge is 0.191 e. The van der Waals surface area contributed by atoms with E-state index in [1.54, 1.807) is 0 Å². The number of rotatable bonds is 6. The van der Waals surface area contributed by atoms with Crippen LogP contribution in [0.1, 0.15) is 34.1 Å².